The van der Waals surface area contributed by atoms with Crippen LogP contribution in [0.3, 0.4) is 0 Å². The molecule has 6 heteroatoms. The summed E-state index contributed by atoms with van der Waals surface area (Å²) in [4.78, 5) is 15.9. The number of hydrogen-bond acceptors (Lipinski definition) is 4. The highest BCUT2D eigenvalue weighted by atomic mass is 32.1. The fourth-order valence-corrected chi connectivity index (χ4v) is 1.60. The van der Waals surface area contributed by atoms with Crippen molar-refractivity contribution in [1.82, 2.24) is 10.3 Å². The molecule has 5 nitrogen and oxygen atoms in total. The van der Waals surface area contributed by atoms with Gasteiger partial charge in [0.05, 0.1) is 0 Å². The number of rotatable bonds is 6. The predicted molar refractivity (Wildman–Crippen MR) is 74.4 cm³/mol. The molecular weight excluding hydrogens is 248 g/mol. The minimum atomic E-state index is 0.0877. The van der Waals surface area contributed by atoms with E-state index < -0.39 is 0 Å². The van der Waals surface area contributed by atoms with E-state index >= 15 is 0 Å². The van der Waals surface area contributed by atoms with E-state index in [1.54, 1.807) is 12.3 Å². The summed E-state index contributed by atoms with van der Waals surface area (Å²) < 4.78 is 0. The van der Waals surface area contributed by atoms with E-state index in [1.165, 1.54) is 0 Å². The number of carbonyl (C=O) groups excluding carboxylic acids is 1. The van der Waals surface area contributed by atoms with Gasteiger partial charge in [-0.25, -0.2) is 4.98 Å². The van der Waals surface area contributed by atoms with Gasteiger partial charge < -0.3 is 16.4 Å². The zero-order chi connectivity index (χ0) is 13.0. The summed E-state index contributed by atoms with van der Waals surface area (Å²) in [6.07, 6.45) is 4.30. The van der Waals surface area contributed by atoms with E-state index in [0.29, 0.717) is 29.8 Å². The van der Waals surface area contributed by atoms with Gasteiger partial charge in [-0.1, -0.05) is 12.2 Å². The van der Waals surface area contributed by atoms with E-state index in [0.717, 1.165) is 18.4 Å². The smallest absolute Gasteiger partial charge is 0.221 e. The predicted octanol–water partition coefficient (Wildman–Crippen LogP) is 0.796. The minimum Gasteiger partial charge on any atom is -0.389 e. The second-order valence-electron chi connectivity index (χ2n) is 4.31. The van der Waals surface area contributed by atoms with E-state index in [-0.39, 0.29) is 5.91 Å². The quantitative estimate of drug-likeness (QED) is 0.662. The van der Waals surface area contributed by atoms with Gasteiger partial charge in [-0.2, -0.15) is 0 Å². The lowest BCUT2D eigenvalue weighted by atomic mass is 10.3. The van der Waals surface area contributed by atoms with Crippen molar-refractivity contribution in [2.75, 3.05) is 11.9 Å². The van der Waals surface area contributed by atoms with Crippen molar-refractivity contribution < 1.29 is 4.79 Å². The second-order valence-corrected chi connectivity index (χ2v) is 4.75. The Kier molecular flexibility index (Phi) is 4.09. The molecule has 0 aliphatic heterocycles. The van der Waals surface area contributed by atoms with E-state index in [9.17, 15) is 4.79 Å². The number of anilines is 1. The average molecular weight is 264 g/mol. The lowest BCUT2D eigenvalue weighted by molar-refractivity contribution is -0.120. The summed E-state index contributed by atoms with van der Waals surface area (Å²) in [5, 5.41) is 6.01. The highest BCUT2D eigenvalue weighted by Crippen LogP contribution is 2.18. The molecule has 1 aromatic heterocycles. The Hall–Kier alpha value is -1.69. The number of nitrogens with zero attached hydrogens (tertiary/aromatic N) is 1. The highest BCUT2D eigenvalue weighted by molar-refractivity contribution is 7.80. The first-order chi connectivity index (χ1) is 8.65. The van der Waals surface area contributed by atoms with Gasteiger partial charge in [-0.05, 0) is 25.0 Å². The number of amides is 1. The van der Waals surface area contributed by atoms with Gasteiger partial charge in [0, 0.05) is 30.8 Å². The Morgan fingerprint density at radius 2 is 2.28 bits per heavy atom. The van der Waals surface area contributed by atoms with Crippen LogP contribution >= 0.6 is 12.2 Å². The molecule has 0 saturated heterocycles. The van der Waals surface area contributed by atoms with Crippen LogP contribution < -0.4 is 16.4 Å². The third-order valence-electron chi connectivity index (χ3n) is 2.65. The molecule has 0 unspecified atom stereocenters. The summed E-state index contributed by atoms with van der Waals surface area (Å²) in [6, 6.07) is 4.02. The van der Waals surface area contributed by atoms with Crippen molar-refractivity contribution in [3.05, 3.63) is 23.9 Å². The van der Waals surface area contributed by atoms with Crippen molar-refractivity contribution >= 4 is 28.9 Å². The highest BCUT2D eigenvalue weighted by Gasteiger charge is 2.22. The van der Waals surface area contributed by atoms with Gasteiger partial charge in [-0.15, -0.1) is 0 Å². The molecule has 4 N–H and O–H groups in total. The summed E-state index contributed by atoms with van der Waals surface area (Å²) in [5.74, 6) is 0.805. The van der Waals surface area contributed by atoms with Crippen molar-refractivity contribution in [3.8, 4) is 0 Å². The molecule has 0 spiro atoms. The minimum absolute atomic E-state index is 0.0877. The average Bonchev–Trinajstić information content (AvgIpc) is 3.13. The number of hydrogen-bond donors (Lipinski definition) is 3. The van der Waals surface area contributed by atoms with Gasteiger partial charge in [0.1, 0.15) is 10.8 Å². The lowest BCUT2D eigenvalue weighted by Crippen LogP contribution is -2.27. The molecule has 18 heavy (non-hydrogen) atoms. The van der Waals surface area contributed by atoms with Crippen LogP contribution in [0.15, 0.2) is 18.3 Å². The maximum absolute atomic E-state index is 11.4. The van der Waals surface area contributed by atoms with Crippen LogP contribution in [0.25, 0.3) is 0 Å². The Balaban J connectivity index is 1.72. The Morgan fingerprint density at radius 1 is 1.50 bits per heavy atom. The topological polar surface area (TPSA) is 80.0 Å². The molecule has 1 amide bonds. The molecule has 0 radical (unpaired) electrons. The van der Waals surface area contributed by atoms with E-state index in [2.05, 4.69) is 15.6 Å². The standard InChI is InChI=1S/C12H16N4OS/c13-12(18)8-1-4-10(15-7-8)14-6-5-11(17)16-9-2-3-9/h1,4,7,9H,2-3,5-6H2,(H2,13,18)(H,14,15)(H,16,17). The molecule has 1 aromatic rings. The molecule has 0 bridgehead atoms. The van der Waals surface area contributed by atoms with Gasteiger partial charge >= 0.3 is 0 Å². The Morgan fingerprint density at radius 3 is 2.83 bits per heavy atom. The third kappa shape index (κ3) is 3.96. The van der Waals surface area contributed by atoms with Crippen LogP contribution in [0.4, 0.5) is 5.82 Å². The first-order valence-corrected chi connectivity index (χ1v) is 6.35. The lowest BCUT2D eigenvalue weighted by Gasteiger charge is -2.06. The molecule has 1 aliphatic rings. The summed E-state index contributed by atoms with van der Waals surface area (Å²) >= 11 is 4.84. The number of aromatic nitrogens is 1. The molecule has 1 saturated carbocycles. The van der Waals surface area contributed by atoms with Gasteiger partial charge in [0.2, 0.25) is 5.91 Å². The van der Waals surface area contributed by atoms with Gasteiger partial charge in [0.25, 0.3) is 0 Å². The fraction of sp³-hybridized carbons (Fsp3) is 0.417. The maximum Gasteiger partial charge on any atom is 0.221 e. The third-order valence-corrected chi connectivity index (χ3v) is 2.88. The molecule has 0 aromatic carbocycles. The molecule has 1 fully saturated rings. The number of carbonyl (C=O) groups is 1. The molecule has 1 heterocycles. The van der Waals surface area contributed by atoms with Crippen LogP contribution in [-0.4, -0.2) is 28.5 Å². The van der Waals surface area contributed by atoms with Crippen molar-refractivity contribution in [3.63, 3.8) is 0 Å². The van der Waals surface area contributed by atoms with Crippen LogP contribution in [0.1, 0.15) is 24.8 Å². The zero-order valence-corrected chi connectivity index (χ0v) is 10.8. The largest absolute Gasteiger partial charge is 0.389 e. The number of nitrogens with one attached hydrogen (secondary N) is 2. The molecule has 96 valence electrons. The summed E-state index contributed by atoms with van der Waals surface area (Å²) in [6.45, 7) is 0.567. The maximum atomic E-state index is 11.4. The van der Waals surface area contributed by atoms with Crippen LogP contribution in [-0.2, 0) is 4.79 Å². The van der Waals surface area contributed by atoms with Crippen LogP contribution in [0, 0.1) is 0 Å². The normalized spacial score (nSPS) is 14.0. The second kappa shape index (κ2) is 5.77. The van der Waals surface area contributed by atoms with Crippen molar-refractivity contribution in [2.24, 2.45) is 5.73 Å². The number of nitrogens with two attached hydrogens (primary N) is 1. The van der Waals surface area contributed by atoms with Gasteiger partial charge in [0.15, 0.2) is 0 Å². The molecule has 1 aliphatic carbocycles. The Labute approximate surface area is 111 Å². The first kappa shape index (κ1) is 12.8. The molecule has 2 rings (SSSR count). The van der Waals surface area contributed by atoms with Crippen molar-refractivity contribution in [2.45, 2.75) is 25.3 Å². The monoisotopic (exact) mass is 264 g/mol. The zero-order valence-electron chi connectivity index (χ0n) is 9.98. The Bertz CT molecular complexity index is 442. The van der Waals surface area contributed by atoms with Crippen LogP contribution in [0.2, 0.25) is 0 Å². The molecule has 0 atom stereocenters. The number of thiocarbonyl (C=S) groups is 1. The first-order valence-electron chi connectivity index (χ1n) is 5.94. The fourth-order valence-electron chi connectivity index (χ4n) is 1.48. The summed E-state index contributed by atoms with van der Waals surface area (Å²) in [7, 11) is 0. The van der Waals surface area contributed by atoms with Gasteiger partial charge in [-0.3, -0.25) is 4.79 Å². The van der Waals surface area contributed by atoms with E-state index in [4.69, 9.17) is 18.0 Å². The molecular formula is C12H16N4OS. The van der Waals surface area contributed by atoms with Crippen LogP contribution in [0.5, 0.6) is 0 Å². The number of pyridine rings is 1. The van der Waals surface area contributed by atoms with Crippen molar-refractivity contribution in [1.29, 1.82) is 0 Å². The SMILES string of the molecule is NC(=S)c1ccc(NCCC(=O)NC2CC2)nc1. The summed E-state index contributed by atoms with van der Waals surface area (Å²) in [5.41, 5.74) is 6.21. The van der Waals surface area contributed by atoms with E-state index in [1.807, 2.05) is 6.07 Å².